The quantitative estimate of drug-likeness (QED) is 0.416. The monoisotopic (exact) mass is 544 g/mol. The third-order valence-corrected chi connectivity index (χ3v) is 5.66. The second kappa shape index (κ2) is 10.1. The second-order valence-corrected chi connectivity index (χ2v) is 8.25. The van der Waals surface area contributed by atoms with Gasteiger partial charge in [0.05, 0.1) is 12.1 Å². The summed E-state index contributed by atoms with van der Waals surface area (Å²) < 4.78 is 103. The predicted molar refractivity (Wildman–Crippen MR) is 118 cm³/mol. The fourth-order valence-electron chi connectivity index (χ4n) is 3.57. The van der Waals surface area contributed by atoms with Crippen molar-refractivity contribution in [2.45, 2.75) is 24.3 Å². The van der Waals surface area contributed by atoms with Gasteiger partial charge < -0.3 is 9.84 Å². The molecule has 1 unspecified atom stereocenters. The number of hydrogen-bond donors (Lipinski definition) is 2. The molecule has 3 aromatic rings. The summed E-state index contributed by atoms with van der Waals surface area (Å²) >= 11 is 0. The van der Waals surface area contributed by atoms with E-state index in [9.17, 15) is 27.1 Å². The molecule has 8 nitrogen and oxygen atoms in total. The maximum absolute atomic E-state index is 15.9. The minimum Gasteiger partial charge on any atom is -0.473 e. The number of ether oxygens (including phenoxy) is 1. The Morgan fingerprint density at radius 2 is 1.74 bits per heavy atom. The van der Waals surface area contributed by atoms with Crippen molar-refractivity contribution >= 4 is 6.34 Å². The molecule has 0 saturated heterocycles. The zero-order chi connectivity index (χ0) is 27.7. The van der Waals surface area contributed by atoms with E-state index in [1.54, 1.807) is 0 Å². The molecule has 0 fully saturated rings. The molecule has 1 aliphatic heterocycles. The number of aliphatic hydroxyl groups is 1. The lowest BCUT2D eigenvalue weighted by atomic mass is 9.84. The van der Waals surface area contributed by atoms with Gasteiger partial charge in [0.15, 0.2) is 5.60 Å². The lowest BCUT2D eigenvalue weighted by molar-refractivity contribution is -0.214. The third-order valence-electron chi connectivity index (χ3n) is 5.66. The Labute approximate surface area is 210 Å². The molecule has 0 aliphatic carbocycles. The van der Waals surface area contributed by atoms with Gasteiger partial charge in [-0.1, -0.05) is 6.07 Å². The van der Waals surface area contributed by atoms with E-state index in [1.807, 2.05) is 0 Å². The third kappa shape index (κ3) is 5.33. The molecule has 202 valence electrons. The van der Waals surface area contributed by atoms with Crippen LogP contribution in [0.2, 0.25) is 0 Å². The van der Waals surface area contributed by atoms with Crippen LogP contribution in [0.25, 0.3) is 0 Å². The molecule has 1 aliphatic rings. The average Bonchev–Trinajstić information content (AvgIpc) is 3.26. The minimum atomic E-state index is -4.57. The van der Waals surface area contributed by atoms with Crippen LogP contribution in [0.1, 0.15) is 22.4 Å². The molecule has 0 saturated carbocycles. The Morgan fingerprint density at radius 3 is 2.29 bits per heavy atom. The van der Waals surface area contributed by atoms with E-state index in [-0.39, 0.29) is 18.1 Å². The molecular formula is C23H19F7N6O2. The summed E-state index contributed by atoms with van der Waals surface area (Å²) in [4.78, 5) is 7.25. The SMILES string of the molecule is CN1NN=CN1CC(O)(c1ccc(F)cc1F)C(F)(F)c1ccc(COc2ccc(C(F)(F)F)cn2)cn1. The zero-order valence-corrected chi connectivity index (χ0v) is 19.4. The van der Waals surface area contributed by atoms with E-state index in [0.717, 1.165) is 53.0 Å². The first-order chi connectivity index (χ1) is 17.8. The van der Waals surface area contributed by atoms with Gasteiger partial charge in [0.25, 0.3) is 0 Å². The first-order valence-electron chi connectivity index (χ1n) is 10.8. The molecule has 0 radical (unpaired) electrons. The van der Waals surface area contributed by atoms with Crippen LogP contribution in [-0.4, -0.2) is 45.1 Å². The number of nitrogens with one attached hydrogen (secondary N) is 1. The lowest BCUT2D eigenvalue weighted by Crippen LogP contribution is -2.55. The van der Waals surface area contributed by atoms with Crippen LogP contribution in [0.3, 0.4) is 0 Å². The molecule has 0 bridgehead atoms. The van der Waals surface area contributed by atoms with Gasteiger partial charge in [0, 0.05) is 42.7 Å². The van der Waals surface area contributed by atoms with Crippen LogP contribution >= 0.6 is 0 Å². The van der Waals surface area contributed by atoms with E-state index in [2.05, 4.69) is 20.6 Å². The molecule has 1 aromatic carbocycles. The van der Waals surface area contributed by atoms with Gasteiger partial charge >= 0.3 is 12.1 Å². The highest BCUT2D eigenvalue weighted by molar-refractivity contribution is 5.55. The van der Waals surface area contributed by atoms with Crippen LogP contribution in [0.5, 0.6) is 5.88 Å². The Kier molecular flexibility index (Phi) is 7.16. The number of rotatable bonds is 8. The molecule has 3 heterocycles. The molecular weight excluding hydrogens is 525 g/mol. The molecule has 0 amide bonds. The number of nitrogens with zero attached hydrogens (tertiary/aromatic N) is 5. The summed E-state index contributed by atoms with van der Waals surface area (Å²) in [5, 5.41) is 17.2. The summed E-state index contributed by atoms with van der Waals surface area (Å²) in [6, 6.07) is 5.68. The number of hydrazine groups is 2. The summed E-state index contributed by atoms with van der Waals surface area (Å²) in [7, 11) is 1.41. The summed E-state index contributed by atoms with van der Waals surface area (Å²) in [6.07, 6.45) is -1.89. The van der Waals surface area contributed by atoms with Crippen LogP contribution in [0.15, 0.2) is 60.0 Å². The number of alkyl halides is 5. The van der Waals surface area contributed by atoms with Crippen molar-refractivity contribution < 1.29 is 40.6 Å². The Hall–Kier alpha value is -3.98. The standard InChI is InChI=1S/C23H19F7N6O2/c1-35-34-33-13-36(35)12-21(37,17-5-4-16(24)8-18(17)25)22(26,27)19-6-2-14(9-31-19)11-38-20-7-3-15(10-32-20)23(28,29)30/h2-10,13,34,37H,11-12H2,1H3. The van der Waals surface area contributed by atoms with E-state index in [1.165, 1.54) is 13.1 Å². The van der Waals surface area contributed by atoms with Crippen LogP contribution in [0, 0.1) is 11.6 Å². The van der Waals surface area contributed by atoms with Crippen molar-refractivity contribution in [2.24, 2.45) is 5.10 Å². The van der Waals surface area contributed by atoms with Gasteiger partial charge in [0.2, 0.25) is 5.88 Å². The van der Waals surface area contributed by atoms with Crippen molar-refractivity contribution in [1.29, 1.82) is 0 Å². The van der Waals surface area contributed by atoms with Gasteiger partial charge in [-0.2, -0.15) is 27.1 Å². The van der Waals surface area contributed by atoms with Crippen molar-refractivity contribution in [1.82, 2.24) is 25.6 Å². The van der Waals surface area contributed by atoms with Crippen LogP contribution in [-0.2, 0) is 24.3 Å². The van der Waals surface area contributed by atoms with Gasteiger partial charge in [-0.25, -0.2) is 19.3 Å². The van der Waals surface area contributed by atoms with Crippen LogP contribution < -0.4 is 10.3 Å². The number of hydrogen-bond acceptors (Lipinski definition) is 8. The highest BCUT2D eigenvalue weighted by Gasteiger charge is 2.58. The molecule has 0 spiro atoms. The number of β-amino-alcohol motifs (C(OH)–C–C–N with tert-alkyl or cyclic N) is 1. The number of pyridine rings is 2. The second-order valence-electron chi connectivity index (χ2n) is 8.25. The lowest BCUT2D eigenvalue weighted by Gasteiger charge is -2.39. The smallest absolute Gasteiger partial charge is 0.417 e. The molecule has 2 aromatic heterocycles. The van der Waals surface area contributed by atoms with Crippen molar-refractivity contribution in [3.8, 4) is 5.88 Å². The maximum atomic E-state index is 15.9. The van der Waals surface area contributed by atoms with Gasteiger partial charge in [-0.3, -0.25) is 9.99 Å². The fourth-order valence-corrected chi connectivity index (χ4v) is 3.57. The van der Waals surface area contributed by atoms with Crippen molar-refractivity contribution in [3.63, 3.8) is 0 Å². The number of hydrazone groups is 1. The van der Waals surface area contributed by atoms with Crippen molar-refractivity contribution in [2.75, 3.05) is 13.6 Å². The largest absolute Gasteiger partial charge is 0.473 e. The minimum absolute atomic E-state index is 0.140. The van der Waals surface area contributed by atoms with Crippen molar-refractivity contribution in [3.05, 3.63) is 88.9 Å². The normalized spacial score (nSPS) is 15.9. The fraction of sp³-hybridized carbons (Fsp3) is 0.261. The highest BCUT2D eigenvalue weighted by Crippen LogP contribution is 2.46. The number of aromatic nitrogens is 2. The van der Waals surface area contributed by atoms with Gasteiger partial charge in [0.1, 0.15) is 30.3 Å². The van der Waals surface area contributed by atoms with E-state index < -0.39 is 52.7 Å². The molecule has 4 rings (SSSR count). The molecule has 15 heteroatoms. The summed E-state index contributed by atoms with van der Waals surface area (Å²) in [6.45, 7) is -1.17. The highest BCUT2D eigenvalue weighted by atomic mass is 19.4. The molecule has 1 atom stereocenters. The Morgan fingerprint density at radius 1 is 0.974 bits per heavy atom. The Balaban J connectivity index is 1.58. The van der Waals surface area contributed by atoms with E-state index in [4.69, 9.17) is 4.74 Å². The summed E-state index contributed by atoms with van der Waals surface area (Å²) in [5.41, 5.74) is -3.34. The first-order valence-corrected chi connectivity index (χ1v) is 10.8. The topological polar surface area (TPSA) is 86.1 Å². The molecule has 38 heavy (non-hydrogen) atoms. The zero-order valence-electron chi connectivity index (χ0n) is 19.4. The average molecular weight is 544 g/mol. The maximum Gasteiger partial charge on any atom is 0.417 e. The first kappa shape index (κ1) is 27.1. The van der Waals surface area contributed by atoms with E-state index in [0.29, 0.717) is 12.3 Å². The number of halogens is 7. The number of benzene rings is 1. The summed E-state index contributed by atoms with van der Waals surface area (Å²) in [5.74, 6) is -6.77. The van der Waals surface area contributed by atoms with Gasteiger partial charge in [-0.05, 0) is 24.3 Å². The van der Waals surface area contributed by atoms with E-state index >= 15 is 8.78 Å². The molecule has 2 N–H and O–H groups in total. The predicted octanol–water partition coefficient (Wildman–Crippen LogP) is 3.94. The van der Waals surface area contributed by atoms with Crippen LogP contribution in [0.4, 0.5) is 30.7 Å². The van der Waals surface area contributed by atoms with Gasteiger partial charge in [-0.15, -0.1) is 5.12 Å². The Bertz CT molecular complexity index is 1310.